The van der Waals surface area contributed by atoms with Gasteiger partial charge in [-0.15, -0.1) is 0 Å². The van der Waals surface area contributed by atoms with Crippen LogP contribution in [0.15, 0.2) is 52.2 Å². The van der Waals surface area contributed by atoms with Crippen LogP contribution in [-0.4, -0.2) is 23.0 Å². The van der Waals surface area contributed by atoms with Crippen LogP contribution in [0.2, 0.25) is 0 Å². The minimum atomic E-state index is -0.325. The van der Waals surface area contributed by atoms with E-state index in [1.165, 1.54) is 6.34 Å². The van der Waals surface area contributed by atoms with Crippen molar-refractivity contribution in [2.45, 2.75) is 33.7 Å². The Bertz CT molecular complexity index is 811. The molecular weight excluding hydrogens is 317 g/mol. The standard InChI is InChI=1S/C19H22FN5/c1-5-17(20)19(25-12-21-4)24-11-15-8-13(2)18(23-10-15)16-6-7-22-14(3)9-16/h6-10,12,24H,4-5,11H2,1-3H3/b19-17+,25-12-. The Labute approximate surface area is 147 Å². The maximum absolute atomic E-state index is 13.8. The molecular formula is C19H22FN5. The first-order valence-electron chi connectivity index (χ1n) is 8.04. The monoisotopic (exact) mass is 339 g/mol. The molecule has 0 bridgehead atoms. The SMILES string of the molecule is C=N/C=N\C(NCc1cnc(-c2ccnc(C)c2)c(C)c1)=C(\F)CC. The maximum Gasteiger partial charge on any atom is 0.159 e. The topological polar surface area (TPSA) is 62.5 Å². The van der Waals surface area contributed by atoms with Crippen molar-refractivity contribution in [1.82, 2.24) is 15.3 Å². The lowest BCUT2D eigenvalue weighted by Crippen LogP contribution is -2.13. The lowest BCUT2D eigenvalue weighted by atomic mass is 10.1. The Hall–Kier alpha value is -2.89. The van der Waals surface area contributed by atoms with Crippen LogP contribution < -0.4 is 5.32 Å². The smallest absolute Gasteiger partial charge is 0.159 e. The third-order valence-corrected chi connectivity index (χ3v) is 3.60. The summed E-state index contributed by atoms with van der Waals surface area (Å²) >= 11 is 0. The quantitative estimate of drug-likeness (QED) is 0.609. The van der Waals surface area contributed by atoms with E-state index in [0.717, 1.165) is 28.1 Å². The Morgan fingerprint density at radius 2 is 2.12 bits per heavy atom. The Kier molecular flexibility index (Phi) is 6.51. The summed E-state index contributed by atoms with van der Waals surface area (Å²) in [5, 5.41) is 2.99. The summed E-state index contributed by atoms with van der Waals surface area (Å²) in [4.78, 5) is 16.2. The molecule has 0 aliphatic heterocycles. The average Bonchev–Trinajstić information content (AvgIpc) is 2.61. The molecule has 0 aliphatic carbocycles. The minimum absolute atomic E-state index is 0.168. The number of allylic oxidation sites excluding steroid dienone is 1. The molecule has 0 unspecified atom stereocenters. The van der Waals surface area contributed by atoms with E-state index < -0.39 is 0 Å². The lowest BCUT2D eigenvalue weighted by Gasteiger charge is -2.11. The number of aliphatic imine (C=N–C) groups is 2. The van der Waals surface area contributed by atoms with Crippen molar-refractivity contribution in [2.75, 3.05) is 0 Å². The van der Waals surface area contributed by atoms with Crippen molar-refractivity contribution in [1.29, 1.82) is 0 Å². The minimum Gasteiger partial charge on any atom is -0.364 e. The van der Waals surface area contributed by atoms with Crippen molar-refractivity contribution in [3.63, 3.8) is 0 Å². The second kappa shape index (κ2) is 8.82. The Morgan fingerprint density at radius 1 is 1.32 bits per heavy atom. The van der Waals surface area contributed by atoms with E-state index in [1.54, 1.807) is 19.3 Å². The first-order valence-corrected chi connectivity index (χ1v) is 8.04. The van der Waals surface area contributed by atoms with Gasteiger partial charge in [0.05, 0.1) is 5.69 Å². The van der Waals surface area contributed by atoms with Crippen LogP contribution in [0.25, 0.3) is 11.3 Å². The number of aryl methyl sites for hydroxylation is 2. The van der Waals surface area contributed by atoms with Gasteiger partial charge >= 0.3 is 0 Å². The molecule has 0 aromatic carbocycles. The number of nitrogens with one attached hydrogen (secondary N) is 1. The average molecular weight is 339 g/mol. The Morgan fingerprint density at radius 3 is 2.76 bits per heavy atom. The molecule has 0 saturated carbocycles. The largest absolute Gasteiger partial charge is 0.364 e. The van der Waals surface area contributed by atoms with Gasteiger partial charge in [-0.2, -0.15) is 0 Å². The van der Waals surface area contributed by atoms with Gasteiger partial charge in [-0.05, 0) is 43.8 Å². The van der Waals surface area contributed by atoms with Crippen molar-refractivity contribution in [3.8, 4) is 11.3 Å². The molecule has 130 valence electrons. The van der Waals surface area contributed by atoms with Crippen LogP contribution in [0, 0.1) is 13.8 Å². The molecule has 25 heavy (non-hydrogen) atoms. The summed E-state index contributed by atoms with van der Waals surface area (Å²) in [5.41, 5.74) is 4.88. The summed E-state index contributed by atoms with van der Waals surface area (Å²) in [5.74, 6) is -0.158. The molecule has 0 spiro atoms. The lowest BCUT2D eigenvalue weighted by molar-refractivity contribution is 0.569. The fourth-order valence-corrected chi connectivity index (χ4v) is 2.39. The maximum atomic E-state index is 13.8. The molecule has 1 N–H and O–H groups in total. The normalized spacial score (nSPS) is 12.2. The zero-order valence-electron chi connectivity index (χ0n) is 14.8. The highest BCUT2D eigenvalue weighted by Crippen LogP contribution is 2.22. The highest BCUT2D eigenvalue weighted by molar-refractivity contribution is 5.63. The molecule has 0 amide bonds. The number of pyridine rings is 2. The van der Waals surface area contributed by atoms with Crippen molar-refractivity contribution < 1.29 is 4.39 Å². The molecule has 0 aliphatic rings. The van der Waals surface area contributed by atoms with Gasteiger partial charge in [0.1, 0.15) is 12.2 Å². The number of nitrogens with zero attached hydrogens (tertiary/aromatic N) is 4. The molecule has 2 rings (SSSR count). The summed E-state index contributed by atoms with van der Waals surface area (Å²) in [6.07, 6.45) is 5.03. The van der Waals surface area contributed by atoms with Crippen LogP contribution in [0.4, 0.5) is 4.39 Å². The van der Waals surface area contributed by atoms with E-state index in [4.69, 9.17) is 0 Å². The molecule has 2 aromatic heterocycles. The highest BCUT2D eigenvalue weighted by Gasteiger charge is 2.07. The van der Waals surface area contributed by atoms with E-state index in [0.29, 0.717) is 6.54 Å². The molecule has 0 fully saturated rings. The summed E-state index contributed by atoms with van der Waals surface area (Å²) < 4.78 is 13.8. The predicted molar refractivity (Wildman–Crippen MR) is 100 cm³/mol. The third kappa shape index (κ3) is 5.04. The second-order valence-electron chi connectivity index (χ2n) is 5.58. The fraction of sp³-hybridized carbons (Fsp3) is 0.263. The number of hydrogen-bond acceptors (Lipinski definition) is 4. The molecule has 6 heteroatoms. The summed E-state index contributed by atoms with van der Waals surface area (Å²) in [6, 6.07) is 5.97. The van der Waals surface area contributed by atoms with Gasteiger partial charge in [0.15, 0.2) is 5.82 Å². The number of halogens is 1. The number of aromatic nitrogens is 2. The van der Waals surface area contributed by atoms with Gasteiger partial charge in [0.2, 0.25) is 0 Å². The zero-order valence-corrected chi connectivity index (χ0v) is 14.8. The molecule has 2 heterocycles. The third-order valence-electron chi connectivity index (χ3n) is 3.60. The summed E-state index contributed by atoms with van der Waals surface area (Å²) in [7, 11) is 0. The Balaban J connectivity index is 2.18. The van der Waals surface area contributed by atoms with Crippen molar-refractivity contribution in [3.05, 3.63) is 59.1 Å². The fourth-order valence-electron chi connectivity index (χ4n) is 2.39. The molecule has 0 saturated heterocycles. The summed E-state index contributed by atoms with van der Waals surface area (Å²) in [6.45, 7) is 9.41. The van der Waals surface area contributed by atoms with E-state index in [2.05, 4.69) is 32.0 Å². The van der Waals surface area contributed by atoms with E-state index in [9.17, 15) is 4.39 Å². The predicted octanol–water partition coefficient (Wildman–Crippen LogP) is 4.13. The zero-order chi connectivity index (χ0) is 18.2. The van der Waals surface area contributed by atoms with Gasteiger partial charge in [-0.1, -0.05) is 13.0 Å². The molecule has 0 radical (unpaired) electrons. The van der Waals surface area contributed by atoms with Crippen LogP contribution >= 0.6 is 0 Å². The van der Waals surface area contributed by atoms with Crippen LogP contribution in [0.1, 0.15) is 30.2 Å². The van der Waals surface area contributed by atoms with Crippen molar-refractivity contribution in [2.24, 2.45) is 9.98 Å². The van der Waals surface area contributed by atoms with Gasteiger partial charge in [0, 0.05) is 36.6 Å². The van der Waals surface area contributed by atoms with E-state index >= 15 is 0 Å². The van der Waals surface area contributed by atoms with Gasteiger partial charge < -0.3 is 5.32 Å². The van der Waals surface area contributed by atoms with Gasteiger partial charge in [0.25, 0.3) is 0 Å². The first-order chi connectivity index (χ1) is 12.0. The second-order valence-corrected chi connectivity index (χ2v) is 5.58. The van der Waals surface area contributed by atoms with Crippen LogP contribution in [0.3, 0.4) is 0 Å². The molecule has 5 nitrogen and oxygen atoms in total. The number of rotatable bonds is 7. The van der Waals surface area contributed by atoms with Crippen LogP contribution in [-0.2, 0) is 6.54 Å². The van der Waals surface area contributed by atoms with E-state index in [1.807, 2.05) is 32.0 Å². The van der Waals surface area contributed by atoms with Gasteiger partial charge in [-0.25, -0.2) is 9.38 Å². The van der Waals surface area contributed by atoms with Crippen molar-refractivity contribution >= 4 is 13.1 Å². The molecule has 0 atom stereocenters. The van der Waals surface area contributed by atoms with E-state index in [-0.39, 0.29) is 18.1 Å². The van der Waals surface area contributed by atoms with Crippen LogP contribution in [0.5, 0.6) is 0 Å². The van der Waals surface area contributed by atoms with Gasteiger partial charge in [-0.3, -0.25) is 15.0 Å². The number of hydrogen-bond donors (Lipinski definition) is 1. The molecule has 2 aromatic rings. The highest BCUT2D eigenvalue weighted by atomic mass is 19.1. The first kappa shape index (κ1) is 18.4.